The average Bonchev–Trinajstić information content (AvgIpc) is 2.69. The second-order valence-electron chi connectivity index (χ2n) is 5.29. The highest BCUT2D eigenvalue weighted by molar-refractivity contribution is 9.10. The first kappa shape index (κ1) is 14.8. The van der Waals surface area contributed by atoms with Crippen LogP contribution in [0.2, 0.25) is 0 Å². The molecular formula is C14H18BrClN2O. The molecule has 0 spiro atoms. The fourth-order valence-electron chi connectivity index (χ4n) is 3.07. The lowest BCUT2D eigenvalue weighted by molar-refractivity contribution is 0.0924. The molecule has 5 heteroatoms. The molecule has 2 unspecified atom stereocenters. The van der Waals surface area contributed by atoms with Gasteiger partial charge >= 0.3 is 0 Å². The maximum Gasteiger partial charge on any atom is 0.251 e. The lowest BCUT2D eigenvalue weighted by Crippen LogP contribution is -2.48. The summed E-state index contributed by atoms with van der Waals surface area (Å²) >= 11 is 3.39. The first-order valence-electron chi connectivity index (χ1n) is 6.53. The molecule has 2 saturated heterocycles. The van der Waals surface area contributed by atoms with Gasteiger partial charge in [-0.25, -0.2) is 0 Å². The number of carbonyl (C=O) groups is 1. The Kier molecular flexibility index (Phi) is 4.87. The third kappa shape index (κ3) is 3.50. The first-order chi connectivity index (χ1) is 8.70. The number of piperidine rings is 1. The van der Waals surface area contributed by atoms with Crippen LogP contribution in [0.15, 0.2) is 28.7 Å². The van der Waals surface area contributed by atoms with Crippen LogP contribution in [0, 0.1) is 0 Å². The molecule has 1 amide bonds. The Morgan fingerprint density at radius 1 is 1.26 bits per heavy atom. The number of hydrogen-bond donors (Lipinski definition) is 2. The summed E-state index contributed by atoms with van der Waals surface area (Å²) in [6.45, 7) is 0. The number of nitrogens with one attached hydrogen (secondary N) is 2. The van der Waals surface area contributed by atoms with Crippen molar-refractivity contribution in [1.29, 1.82) is 0 Å². The molecule has 2 N–H and O–H groups in total. The van der Waals surface area contributed by atoms with E-state index in [9.17, 15) is 4.79 Å². The van der Waals surface area contributed by atoms with Crippen molar-refractivity contribution in [2.45, 2.75) is 43.8 Å². The minimum Gasteiger partial charge on any atom is -0.349 e. The number of amides is 1. The molecule has 1 aromatic carbocycles. The zero-order valence-corrected chi connectivity index (χ0v) is 13.0. The number of benzene rings is 1. The average molecular weight is 346 g/mol. The van der Waals surface area contributed by atoms with Gasteiger partial charge < -0.3 is 10.6 Å². The van der Waals surface area contributed by atoms with E-state index >= 15 is 0 Å². The minimum atomic E-state index is 0. The summed E-state index contributed by atoms with van der Waals surface area (Å²) in [6.07, 6.45) is 4.65. The maximum absolute atomic E-state index is 12.1. The van der Waals surface area contributed by atoms with Crippen LogP contribution in [0.3, 0.4) is 0 Å². The molecule has 3 nitrogen and oxygen atoms in total. The number of rotatable bonds is 2. The highest BCUT2D eigenvalue weighted by atomic mass is 79.9. The molecule has 2 fully saturated rings. The Balaban J connectivity index is 0.00000133. The fourth-order valence-corrected chi connectivity index (χ4v) is 3.47. The van der Waals surface area contributed by atoms with Crippen molar-refractivity contribution in [2.75, 3.05) is 0 Å². The van der Waals surface area contributed by atoms with Crippen molar-refractivity contribution in [3.63, 3.8) is 0 Å². The van der Waals surface area contributed by atoms with Gasteiger partial charge in [-0.05, 0) is 43.9 Å². The summed E-state index contributed by atoms with van der Waals surface area (Å²) in [7, 11) is 0. The predicted molar refractivity (Wildman–Crippen MR) is 81.8 cm³/mol. The lowest BCUT2D eigenvalue weighted by atomic mass is 9.99. The van der Waals surface area contributed by atoms with Crippen LogP contribution in [0.4, 0.5) is 0 Å². The van der Waals surface area contributed by atoms with Gasteiger partial charge in [-0.2, -0.15) is 0 Å². The molecule has 2 aliphatic rings. The summed E-state index contributed by atoms with van der Waals surface area (Å²) in [5.74, 6) is 0.0441. The lowest BCUT2D eigenvalue weighted by Gasteiger charge is -2.29. The van der Waals surface area contributed by atoms with Gasteiger partial charge in [-0.1, -0.05) is 22.0 Å². The molecule has 19 heavy (non-hydrogen) atoms. The zero-order chi connectivity index (χ0) is 12.5. The Labute approximate surface area is 128 Å². The third-order valence-corrected chi connectivity index (χ3v) is 4.39. The molecule has 2 bridgehead atoms. The van der Waals surface area contributed by atoms with E-state index in [4.69, 9.17) is 0 Å². The van der Waals surface area contributed by atoms with Gasteiger partial charge in [0.1, 0.15) is 0 Å². The van der Waals surface area contributed by atoms with Gasteiger partial charge in [0.25, 0.3) is 5.91 Å². The summed E-state index contributed by atoms with van der Waals surface area (Å²) < 4.78 is 0.945. The maximum atomic E-state index is 12.1. The van der Waals surface area contributed by atoms with Crippen LogP contribution in [-0.2, 0) is 0 Å². The van der Waals surface area contributed by atoms with Gasteiger partial charge in [0, 0.05) is 28.2 Å². The Bertz CT molecular complexity index is 457. The van der Waals surface area contributed by atoms with Crippen LogP contribution in [-0.4, -0.2) is 24.0 Å². The molecule has 0 aliphatic carbocycles. The summed E-state index contributed by atoms with van der Waals surface area (Å²) in [6, 6.07) is 9.09. The van der Waals surface area contributed by atoms with Crippen molar-refractivity contribution in [3.05, 3.63) is 34.3 Å². The second kappa shape index (κ2) is 6.25. The molecule has 2 heterocycles. The highest BCUT2D eigenvalue weighted by Gasteiger charge is 2.33. The molecule has 0 radical (unpaired) electrons. The van der Waals surface area contributed by atoms with E-state index in [1.807, 2.05) is 24.3 Å². The van der Waals surface area contributed by atoms with Gasteiger partial charge in [-0.3, -0.25) is 4.79 Å². The molecule has 0 saturated carbocycles. The Hall–Kier alpha value is -0.580. The number of fused-ring (bicyclic) bond motifs is 2. The quantitative estimate of drug-likeness (QED) is 0.865. The first-order valence-corrected chi connectivity index (χ1v) is 7.32. The van der Waals surface area contributed by atoms with Crippen molar-refractivity contribution in [3.8, 4) is 0 Å². The van der Waals surface area contributed by atoms with E-state index in [0.717, 1.165) is 22.9 Å². The molecule has 2 aliphatic heterocycles. The third-order valence-electron chi connectivity index (χ3n) is 3.90. The smallest absolute Gasteiger partial charge is 0.251 e. The predicted octanol–water partition coefficient (Wildman–Crippen LogP) is 2.88. The summed E-state index contributed by atoms with van der Waals surface area (Å²) in [5.41, 5.74) is 0.732. The van der Waals surface area contributed by atoms with Crippen molar-refractivity contribution >= 4 is 34.2 Å². The van der Waals surface area contributed by atoms with Crippen molar-refractivity contribution < 1.29 is 4.79 Å². The van der Waals surface area contributed by atoms with Crippen LogP contribution in [0.25, 0.3) is 0 Å². The van der Waals surface area contributed by atoms with E-state index in [1.54, 1.807) is 0 Å². The molecule has 3 rings (SSSR count). The van der Waals surface area contributed by atoms with Gasteiger partial charge in [0.2, 0.25) is 0 Å². The Morgan fingerprint density at radius 2 is 1.95 bits per heavy atom. The SMILES string of the molecule is Cl.O=C(NC1CC2CCC(C1)N2)c1cccc(Br)c1. The van der Waals surface area contributed by atoms with E-state index in [2.05, 4.69) is 26.6 Å². The van der Waals surface area contributed by atoms with Gasteiger partial charge in [0.05, 0.1) is 0 Å². The molecule has 2 atom stereocenters. The van der Waals surface area contributed by atoms with Gasteiger partial charge in [0.15, 0.2) is 0 Å². The second-order valence-corrected chi connectivity index (χ2v) is 6.21. The van der Waals surface area contributed by atoms with Crippen LogP contribution < -0.4 is 10.6 Å². The molecule has 1 aromatic rings. The monoisotopic (exact) mass is 344 g/mol. The number of halogens is 2. The Morgan fingerprint density at radius 3 is 2.58 bits per heavy atom. The molecular weight excluding hydrogens is 328 g/mol. The minimum absolute atomic E-state index is 0. The van der Waals surface area contributed by atoms with E-state index in [-0.39, 0.29) is 18.3 Å². The summed E-state index contributed by atoms with van der Waals surface area (Å²) in [5, 5.41) is 6.75. The topological polar surface area (TPSA) is 41.1 Å². The van der Waals surface area contributed by atoms with Gasteiger partial charge in [-0.15, -0.1) is 12.4 Å². The number of carbonyl (C=O) groups excluding carboxylic acids is 1. The van der Waals surface area contributed by atoms with Crippen LogP contribution in [0.1, 0.15) is 36.0 Å². The number of hydrogen-bond acceptors (Lipinski definition) is 2. The highest BCUT2D eigenvalue weighted by Crippen LogP contribution is 2.27. The zero-order valence-electron chi connectivity index (χ0n) is 10.6. The van der Waals surface area contributed by atoms with E-state index < -0.39 is 0 Å². The van der Waals surface area contributed by atoms with Crippen molar-refractivity contribution in [2.24, 2.45) is 0 Å². The van der Waals surface area contributed by atoms with Crippen molar-refractivity contribution in [1.82, 2.24) is 10.6 Å². The molecule has 0 aromatic heterocycles. The largest absolute Gasteiger partial charge is 0.349 e. The van der Waals surface area contributed by atoms with Crippen LogP contribution in [0.5, 0.6) is 0 Å². The normalized spacial score (nSPS) is 28.6. The van der Waals surface area contributed by atoms with E-state index in [0.29, 0.717) is 18.1 Å². The molecule has 104 valence electrons. The van der Waals surface area contributed by atoms with E-state index in [1.165, 1.54) is 12.8 Å². The standard InChI is InChI=1S/C14H17BrN2O.ClH/c15-10-3-1-2-9(6-10)14(18)17-13-7-11-4-5-12(8-13)16-11;/h1-3,6,11-13,16H,4-5,7-8H2,(H,17,18);1H. The van der Waals surface area contributed by atoms with Crippen LogP contribution >= 0.6 is 28.3 Å². The fraction of sp³-hybridized carbons (Fsp3) is 0.500. The summed E-state index contributed by atoms with van der Waals surface area (Å²) in [4.78, 5) is 12.1.